The maximum absolute atomic E-state index is 13.3. The summed E-state index contributed by atoms with van der Waals surface area (Å²) in [5.74, 6) is -0.768. The number of piperidine rings is 1. The predicted octanol–water partition coefficient (Wildman–Crippen LogP) is 7.10. The van der Waals surface area contributed by atoms with E-state index in [9.17, 15) is 18.0 Å². The van der Waals surface area contributed by atoms with Crippen LogP contribution in [0.1, 0.15) is 38.7 Å². The van der Waals surface area contributed by atoms with E-state index in [0.717, 1.165) is 23.7 Å². The summed E-state index contributed by atoms with van der Waals surface area (Å²) in [7, 11) is -2.19. The fourth-order valence-electron chi connectivity index (χ4n) is 4.86. The van der Waals surface area contributed by atoms with Gasteiger partial charge in [-0.2, -0.15) is 4.31 Å². The van der Waals surface area contributed by atoms with Gasteiger partial charge < -0.3 is 15.0 Å². The van der Waals surface area contributed by atoms with Gasteiger partial charge in [-0.15, -0.1) is 0 Å². The molecule has 4 rings (SSSR count). The molecule has 0 bridgehead atoms. The van der Waals surface area contributed by atoms with Crippen molar-refractivity contribution in [1.82, 2.24) is 9.21 Å². The maximum atomic E-state index is 13.3. The number of sulfonamides is 1. The van der Waals surface area contributed by atoms with Crippen LogP contribution in [0.5, 0.6) is 11.5 Å². The van der Waals surface area contributed by atoms with Gasteiger partial charge in [0, 0.05) is 51.4 Å². The number of hydrogen-bond donors (Lipinski definition) is 1. The first kappa shape index (κ1) is 31.3. The van der Waals surface area contributed by atoms with Crippen LogP contribution in [0.25, 0.3) is 0 Å². The number of hydrogen-bond acceptors (Lipinski definition) is 5. The molecule has 3 aromatic rings. The molecule has 0 saturated carbocycles. The first-order valence-electron chi connectivity index (χ1n) is 13.0. The van der Waals surface area contributed by atoms with Crippen LogP contribution in [-0.4, -0.2) is 48.6 Å². The van der Waals surface area contributed by atoms with Crippen molar-refractivity contribution >= 4 is 66.7 Å². The van der Waals surface area contributed by atoms with E-state index in [4.69, 9.17) is 27.9 Å². The Morgan fingerprint density at radius 3 is 2.22 bits per heavy atom. The van der Waals surface area contributed by atoms with Gasteiger partial charge in [0.15, 0.2) is 0 Å². The van der Waals surface area contributed by atoms with Gasteiger partial charge in [0.25, 0.3) is 0 Å². The van der Waals surface area contributed by atoms with Crippen molar-refractivity contribution in [3.8, 4) is 11.5 Å². The second kappa shape index (κ2) is 13.1. The van der Waals surface area contributed by atoms with Gasteiger partial charge in [-0.1, -0.05) is 51.6 Å². The molecule has 218 valence electrons. The third-order valence-electron chi connectivity index (χ3n) is 6.84. The minimum Gasteiger partial charge on any atom is -0.457 e. The molecule has 41 heavy (non-hydrogen) atoms. The van der Waals surface area contributed by atoms with Gasteiger partial charge in [-0.3, -0.25) is 9.59 Å². The zero-order valence-corrected chi connectivity index (χ0v) is 26.6. The summed E-state index contributed by atoms with van der Waals surface area (Å²) in [6.45, 7) is 3.91. The van der Waals surface area contributed by atoms with Crippen molar-refractivity contribution in [2.24, 2.45) is 0 Å². The van der Waals surface area contributed by atoms with E-state index in [1.165, 1.54) is 36.2 Å². The number of amides is 2. The van der Waals surface area contributed by atoms with Crippen molar-refractivity contribution in [3.63, 3.8) is 0 Å². The normalized spacial score (nSPS) is 17.6. The summed E-state index contributed by atoms with van der Waals surface area (Å²) in [5, 5.41) is 3.38. The van der Waals surface area contributed by atoms with Crippen LogP contribution in [0.15, 0.2) is 70.0 Å². The fourth-order valence-corrected chi connectivity index (χ4v) is 7.58. The Labute approximate surface area is 258 Å². The molecule has 2 unspecified atom stereocenters. The molecule has 0 spiro atoms. The molecule has 1 fully saturated rings. The molecular weight excluding hydrogens is 653 g/mol. The highest BCUT2D eigenvalue weighted by atomic mass is 79.9. The number of rotatable bonds is 7. The summed E-state index contributed by atoms with van der Waals surface area (Å²) < 4.78 is 34.8. The zero-order valence-electron chi connectivity index (χ0n) is 22.7. The van der Waals surface area contributed by atoms with E-state index in [2.05, 4.69) is 21.2 Å². The molecule has 1 aliphatic rings. The minimum absolute atomic E-state index is 0.0759. The number of likely N-dealkylation sites (N-methyl/N-ethyl adjacent to an activating group) is 1. The van der Waals surface area contributed by atoms with Crippen molar-refractivity contribution in [1.29, 1.82) is 0 Å². The number of nitrogens with zero attached hydrogens (tertiary/aromatic N) is 2. The highest BCUT2D eigenvalue weighted by Gasteiger charge is 2.35. The van der Waals surface area contributed by atoms with Crippen LogP contribution in [-0.2, 0) is 26.2 Å². The minimum atomic E-state index is -3.69. The second-order valence-electron chi connectivity index (χ2n) is 10.1. The smallest absolute Gasteiger partial charge is 0.313 e. The number of ether oxygens (including phenoxy) is 1. The SMILES string of the molecule is CC1CCCC(C)N1S(=O)(=O)c1ccc(NC(=O)C(=O)N(C)Cc2ccc(Br)cc2Oc2cc(Cl)cc(Cl)c2)cc1. The van der Waals surface area contributed by atoms with Crippen molar-refractivity contribution < 1.29 is 22.7 Å². The highest BCUT2D eigenvalue weighted by molar-refractivity contribution is 9.10. The molecule has 3 aromatic carbocycles. The lowest BCUT2D eigenvalue weighted by molar-refractivity contribution is -0.142. The molecule has 1 heterocycles. The molecule has 12 heteroatoms. The van der Waals surface area contributed by atoms with Crippen LogP contribution in [0.4, 0.5) is 5.69 Å². The number of anilines is 1. The first-order valence-corrected chi connectivity index (χ1v) is 16.0. The Bertz CT molecular complexity index is 1520. The van der Waals surface area contributed by atoms with E-state index >= 15 is 0 Å². The molecular formula is C29H30BrCl2N3O5S. The van der Waals surface area contributed by atoms with Crippen LogP contribution >= 0.6 is 39.1 Å². The molecule has 1 aliphatic heterocycles. The van der Waals surface area contributed by atoms with E-state index in [0.29, 0.717) is 32.8 Å². The molecule has 0 radical (unpaired) electrons. The van der Waals surface area contributed by atoms with Crippen LogP contribution < -0.4 is 10.1 Å². The van der Waals surface area contributed by atoms with Crippen LogP contribution in [0, 0.1) is 0 Å². The third kappa shape index (κ3) is 7.61. The Hall–Kier alpha value is -2.63. The average molecular weight is 683 g/mol. The average Bonchev–Trinajstić information content (AvgIpc) is 2.89. The molecule has 1 N–H and O–H groups in total. The van der Waals surface area contributed by atoms with E-state index in [-0.39, 0.29) is 23.5 Å². The zero-order chi connectivity index (χ0) is 29.9. The van der Waals surface area contributed by atoms with Crippen LogP contribution in [0.3, 0.4) is 0 Å². The van der Waals surface area contributed by atoms with Crippen molar-refractivity contribution in [3.05, 3.63) is 80.7 Å². The van der Waals surface area contributed by atoms with E-state index < -0.39 is 21.8 Å². The fraction of sp³-hybridized carbons (Fsp3) is 0.310. The number of halogens is 3. The predicted molar refractivity (Wildman–Crippen MR) is 164 cm³/mol. The van der Waals surface area contributed by atoms with E-state index in [1.807, 2.05) is 13.8 Å². The summed E-state index contributed by atoms with van der Waals surface area (Å²) in [4.78, 5) is 27.1. The van der Waals surface area contributed by atoms with Crippen molar-refractivity contribution in [2.75, 3.05) is 12.4 Å². The Balaban J connectivity index is 1.43. The van der Waals surface area contributed by atoms with Crippen molar-refractivity contribution in [2.45, 2.75) is 56.6 Å². The van der Waals surface area contributed by atoms with Gasteiger partial charge in [-0.25, -0.2) is 8.42 Å². The molecule has 1 saturated heterocycles. The lowest BCUT2D eigenvalue weighted by Gasteiger charge is -2.37. The number of nitrogens with one attached hydrogen (secondary N) is 1. The summed E-state index contributed by atoms with van der Waals surface area (Å²) in [6.07, 6.45) is 2.63. The van der Waals surface area contributed by atoms with Gasteiger partial charge in [0.05, 0.1) is 4.90 Å². The summed E-state index contributed by atoms with van der Waals surface area (Å²) >= 11 is 15.6. The topological polar surface area (TPSA) is 96.0 Å². The molecule has 2 amide bonds. The lowest BCUT2D eigenvalue weighted by Crippen LogP contribution is -2.47. The summed E-state index contributed by atoms with van der Waals surface area (Å²) in [6, 6.07) is 15.8. The van der Waals surface area contributed by atoms with Crippen LogP contribution in [0.2, 0.25) is 10.0 Å². The highest BCUT2D eigenvalue weighted by Crippen LogP contribution is 2.33. The quantitative estimate of drug-likeness (QED) is 0.268. The van der Waals surface area contributed by atoms with Gasteiger partial charge in [0.1, 0.15) is 11.5 Å². The Morgan fingerprint density at radius 2 is 1.61 bits per heavy atom. The summed E-state index contributed by atoms with van der Waals surface area (Å²) in [5.41, 5.74) is 0.949. The number of benzene rings is 3. The maximum Gasteiger partial charge on any atom is 0.313 e. The second-order valence-corrected chi connectivity index (χ2v) is 13.7. The molecule has 0 aromatic heterocycles. The Morgan fingerprint density at radius 1 is 1.00 bits per heavy atom. The van der Waals surface area contributed by atoms with E-state index in [1.54, 1.807) is 40.7 Å². The lowest BCUT2D eigenvalue weighted by atomic mass is 10.0. The van der Waals surface area contributed by atoms with Gasteiger partial charge >= 0.3 is 11.8 Å². The van der Waals surface area contributed by atoms with Gasteiger partial charge in [0.2, 0.25) is 10.0 Å². The third-order valence-corrected chi connectivity index (χ3v) is 9.91. The standard InChI is InChI=1S/C29H30BrCl2N3O5S/c1-18-5-4-6-19(2)35(18)41(38,39)26-11-9-24(10-12-26)33-28(36)29(37)34(3)17-20-7-8-21(30)13-27(20)40-25-15-22(31)14-23(32)16-25/h7-16,18-19H,4-6,17H2,1-3H3,(H,33,36). The monoisotopic (exact) mass is 681 g/mol. The molecule has 2 atom stereocenters. The van der Waals surface area contributed by atoms with Gasteiger partial charge in [-0.05, 0) is 81.3 Å². The first-order chi connectivity index (χ1) is 19.3. The molecule has 0 aliphatic carbocycles. The Kier molecular flexibility index (Phi) is 10.0. The number of carbonyl (C=O) groups excluding carboxylic acids is 2. The number of carbonyl (C=O) groups is 2. The largest absolute Gasteiger partial charge is 0.457 e. The molecule has 8 nitrogen and oxygen atoms in total.